The molecule has 1 aromatic heterocycles. The summed E-state index contributed by atoms with van der Waals surface area (Å²) < 4.78 is 0. The van der Waals surface area contributed by atoms with Crippen molar-refractivity contribution in [3.05, 3.63) is 11.8 Å². The zero-order valence-corrected chi connectivity index (χ0v) is 11.0. The van der Waals surface area contributed by atoms with E-state index in [1.807, 2.05) is 6.92 Å². The number of nitrogens with zero attached hydrogens (tertiary/aromatic N) is 3. The second-order valence-corrected chi connectivity index (χ2v) is 5.27. The van der Waals surface area contributed by atoms with Crippen molar-refractivity contribution in [2.45, 2.75) is 45.6 Å². The van der Waals surface area contributed by atoms with Gasteiger partial charge in [0.25, 0.3) is 0 Å². The summed E-state index contributed by atoms with van der Waals surface area (Å²) in [6, 6.07) is 0.590. The van der Waals surface area contributed by atoms with E-state index in [9.17, 15) is 0 Å². The van der Waals surface area contributed by atoms with Crippen molar-refractivity contribution >= 4 is 11.8 Å². The molecule has 0 bridgehead atoms. The first kappa shape index (κ1) is 12.1. The van der Waals surface area contributed by atoms with E-state index in [0.29, 0.717) is 12.0 Å². The van der Waals surface area contributed by atoms with Crippen LogP contribution in [-0.2, 0) is 0 Å². The van der Waals surface area contributed by atoms with Gasteiger partial charge in [0.05, 0.1) is 0 Å². The summed E-state index contributed by atoms with van der Waals surface area (Å²) in [5.41, 5.74) is 6.77. The molecule has 0 radical (unpaired) electrons. The molecule has 1 aliphatic rings. The molecule has 1 aliphatic carbocycles. The maximum absolute atomic E-state index is 5.67. The summed E-state index contributed by atoms with van der Waals surface area (Å²) >= 11 is 0. The number of hydrogen-bond donors (Lipinski definition) is 1. The van der Waals surface area contributed by atoms with Gasteiger partial charge in [0.2, 0.25) is 5.95 Å². The monoisotopic (exact) mass is 234 g/mol. The molecule has 94 valence electrons. The third kappa shape index (κ3) is 2.68. The lowest BCUT2D eigenvalue weighted by Crippen LogP contribution is -2.36. The summed E-state index contributed by atoms with van der Waals surface area (Å²) in [6.07, 6.45) is 6.98. The van der Waals surface area contributed by atoms with Crippen LogP contribution >= 0.6 is 0 Å². The Morgan fingerprint density at radius 2 is 2.18 bits per heavy atom. The first-order valence-corrected chi connectivity index (χ1v) is 6.40. The fourth-order valence-corrected chi connectivity index (χ4v) is 2.73. The molecule has 2 unspecified atom stereocenters. The van der Waals surface area contributed by atoms with Crippen molar-refractivity contribution < 1.29 is 0 Å². The Labute approximate surface area is 103 Å². The molecule has 0 spiro atoms. The van der Waals surface area contributed by atoms with Crippen LogP contribution in [0.5, 0.6) is 0 Å². The highest BCUT2D eigenvalue weighted by molar-refractivity contribution is 5.48. The molecular weight excluding hydrogens is 212 g/mol. The normalized spacial score (nSPS) is 24.6. The first-order valence-electron chi connectivity index (χ1n) is 6.40. The predicted octanol–water partition coefficient (Wildman–Crippen LogP) is 2.38. The van der Waals surface area contributed by atoms with Gasteiger partial charge in [-0.2, -0.15) is 4.98 Å². The molecule has 0 amide bonds. The van der Waals surface area contributed by atoms with Crippen molar-refractivity contribution in [3.8, 4) is 0 Å². The largest absolute Gasteiger partial charge is 0.368 e. The van der Waals surface area contributed by atoms with Crippen molar-refractivity contribution in [3.63, 3.8) is 0 Å². The molecule has 4 heteroatoms. The van der Waals surface area contributed by atoms with Gasteiger partial charge < -0.3 is 10.6 Å². The number of anilines is 2. The second-order valence-electron chi connectivity index (χ2n) is 5.27. The van der Waals surface area contributed by atoms with E-state index >= 15 is 0 Å². The standard InChI is InChI=1S/C13H22N4/c1-9-5-4-6-11(7-9)17(3)12-10(2)8-15-13(14)16-12/h8-9,11H,4-7H2,1-3H3,(H2,14,15,16). The van der Waals surface area contributed by atoms with Crippen LogP contribution in [0.3, 0.4) is 0 Å². The van der Waals surface area contributed by atoms with Gasteiger partial charge in [-0.25, -0.2) is 4.98 Å². The molecule has 1 saturated carbocycles. The molecule has 1 heterocycles. The number of rotatable bonds is 2. The van der Waals surface area contributed by atoms with Crippen LogP contribution in [0.15, 0.2) is 6.20 Å². The highest BCUT2D eigenvalue weighted by Gasteiger charge is 2.24. The Balaban J connectivity index is 2.18. The minimum absolute atomic E-state index is 0.362. The summed E-state index contributed by atoms with van der Waals surface area (Å²) in [5, 5.41) is 0. The zero-order chi connectivity index (χ0) is 12.4. The molecule has 1 aromatic rings. The summed E-state index contributed by atoms with van der Waals surface area (Å²) in [7, 11) is 2.12. The summed E-state index contributed by atoms with van der Waals surface area (Å²) in [6.45, 7) is 4.37. The summed E-state index contributed by atoms with van der Waals surface area (Å²) in [4.78, 5) is 10.7. The lowest BCUT2D eigenvalue weighted by Gasteiger charge is -2.35. The van der Waals surface area contributed by atoms with Crippen molar-refractivity contribution in [1.29, 1.82) is 0 Å². The molecule has 2 atom stereocenters. The summed E-state index contributed by atoms with van der Waals surface area (Å²) in [5.74, 6) is 2.16. The molecule has 0 saturated heterocycles. The van der Waals surface area contributed by atoms with E-state index in [-0.39, 0.29) is 0 Å². The highest BCUT2D eigenvalue weighted by Crippen LogP contribution is 2.29. The van der Waals surface area contributed by atoms with Crippen LogP contribution in [0.25, 0.3) is 0 Å². The molecule has 2 N–H and O–H groups in total. The van der Waals surface area contributed by atoms with E-state index < -0.39 is 0 Å². The molecule has 4 nitrogen and oxygen atoms in total. The average Bonchev–Trinajstić information content (AvgIpc) is 2.31. The maximum Gasteiger partial charge on any atom is 0.221 e. The van der Waals surface area contributed by atoms with Gasteiger partial charge in [-0.3, -0.25) is 0 Å². The van der Waals surface area contributed by atoms with E-state index in [0.717, 1.165) is 17.3 Å². The fraction of sp³-hybridized carbons (Fsp3) is 0.692. The molecule has 0 aromatic carbocycles. The maximum atomic E-state index is 5.67. The van der Waals surface area contributed by atoms with E-state index in [2.05, 4.69) is 28.8 Å². The third-order valence-corrected chi connectivity index (χ3v) is 3.75. The molecule has 0 aliphatic heterocycles. The fourth-order valence-electron chi connectivity index (χ4n) is 2.73. The SMILES string of the molecule is Cc1cnc(N)nc1N(C)C1CCCC(C)C1. The number of aromatic nitrogens is 2. The van der Waals surface area contributed by atoms with Gasteiger partial charge in [-0.1, -0.05) is 19.8 Å². The lowest BCUT2D eigenvalue weighted by molar-refractivity contribution is 0.335. The second kappa shape index (κ2) is 4.90. The van der Waals surface area contributed by atoms with Gasteiger partial charge in [0, 0.05) is 24.8 Å². The Hall–Kier alpha value is -1.32. The minimum Gasteiger partial charge on any atom is -0.368 e. The van der Waals surface area contributed by atoms with Crippen LogP contribution in [0, 0.1) is 12.8 Å². The highest BCUT2D eigenvalue weighted by atomic mass is 15.2. The number of aryl methyl sites for hydroxylation is 1. The number of nitrogens with two attached hydrogens (primary N) is 1. The van der Waals surface area contributed by atoms with Crippen molar-refractivity contribution in [2.75, 3.05) is 17.7 Å². The van der Waals surface area contributed by atoms with Crippen LogP contribution < -0.4 is 10.6 Å². The first-order chi connectivity index (χ1) is 8.08. The quantitative estimate of drug-likeness (QED) is 0.853. The Bertz CT molecular complexity index is 391. The van der Waals surface area contributed by atoms with E-state index in [1.54, 1.807) is 6.20 Å². The Morgan fingerprint density at radius 3 is 2.88 bits per heavy atom. The zero-order valence-electron chi connectivity index (χ0n) is 11.0. The third-order valence-electron chi connectivity index (χ3n) is 3.75. The van der Waals surface area contributed by atoms with Gasteiger partial charge in [0.1, 0.15) is 5.82 Å². The topological polar surface area (TPSA) is 55.0 Å². The van der Waals surface area contributed by atoms with Crippen LogP contribution in [-0.4, -0.2) is 23.1 Å². The average molecular weight is 234 g/mol. The van der Waals surface area contributed by atoms with E-state index in [4.69, 9.17) is 5.73 Å². The molecule has 17 heavy (non-hydrogen) atoms. The minimum atomic E-state index is 0.362. The molecule has 2 rings (SSSR count). The Morgan fingerprint density at radius 1 is 1.41 bits per heavy atom. The lowest BCUT2D eigenvalue weighted by atomic mass is 9.86. The van der Waals surface area contributed by atoms with E-state index in [1.165, 1.54) is 25.7 Å². The van der Waals surface area contributed by atoms with Crippen molar-refractivity contribution in [1.82, 2.24) is 9.97 Å². The smallest absolute Gasteiger partial charge is 0.221 e. The van der Waals surface area contributed by atoms with Gasteiger partial charge in [-0.15, -0.1) is 0 Å². The van der Waals surface area contributed by atoms with Gasteiger partial charge in [-0.05, 0) is 25.7 Å². The van der Waals surface area contributed by atoms with Crippen molar-refractivity contribution in [2.24, 2.45) is 5.92 Å². The Kier molecular flexibility index (Phi) is 3.50. The van der Waals surface area contributed by atoms with Crippen LogP contribution in [0.2, 0.25) is 0 Å². The van der Waals surface area contributed by atoms with Crippen LogP contribution in [0.4, 0.5) is 11.8 Å². The van der Waals surface area contributed by atoms with Gasteiger partial charge >= 0.3 is 0 Å². The number of nitrogen functional groups attached to an aromatic ring is 1. The van der Waals surface area contributed by atoms with Gasteiger partial charge in [0.15, 0.2) is 0 Å². The molecular formula is C13H22N4. The molecule has 1 fully saturated rings. The van der Waals surface area contributed by atoms with Crippen LogP contribution in [0.1, 0.15) is 38.2 Å². The predicted molar refractivity (Wildman–Crippen MR) is 71.0 cm³/mol. The number of hydrogen-bond acceptors (Lipinski definition) is 4.